The van der Waals surface area contributed by atoms with Crippen molar-refractivity contribution in [3.05, 3.63) is 130 Å². The van der Waals surface area contributed by atoms with Gasteiger partial charge in [0.2, 0.25) is 0 Å². The van der Waals surface area contributed by atoms with E-state index in [1.165, 1.54) is 34.4 Å². The molecule has 1 aliphatic heterocycles. The zero-order valence-electron chi connectivity index (χ0n) is 22.9. The van der Waals surface area contributed by atoms with Gasteiger partial charge in [-0.15, -0.1) is 11.3 Å². The predicted molar refractivity (Wildman–Crippen MR) is 166 cm³/mol. The second-order valence-electron chi connectivity index (χ2n) is 9.33. The molecule has 0 saturated heterocycles. The summed E-state index contributed by atoms with van der Waals surface area (Å²) in [5.74, 6) is -0.291. The molecule has 43 heavy (non-hydrogen) atoms. The first-order chi connectivity index (χ1) is 20.9. The molecular formula is C32H23ClN2O6S2. The van der Waals surface area contributed by atoms with Gasteiger partial charge in [-0.05, 0) is 48.7 Å². The van der Waals surface area contributed by atoms with Gasteiger partial charge in [-0.1, -0.05) is 59.3 Å². The molecule has 4 heterocycles. The molecule has 0 bridgehead atoms. The molecule has 11 heteroatoms. The number of esters is 2. The summed E-state index contributed by atoms with van der Waals surface area (Å²) >= 11 is 8.84. The Hall–Kier alpha value is -4.51. The van der Waals surface area contributed by atoms with Crippen molar-refractivity contribution in [2.75, 3.05) is 13.7 Å². The van der Waals surface area contributed by atoms with Crippen molar-refractivity contribution in [1.29, 1.82) is 0 Å². The number of thiazole rings is 1. The van der Waals surface area contributed by atoms with Gasteiger partial charge >= 0.3 is 11.9 Å². The summed E-state index contributed by atoms with van der Waals surface area (Å²) in [6.07, 6.45) is 1.62. The molecule has 0 saturated carbocycles. The second kappa shape index (κ2) is 12.0. The van der Waals surface area contributed by atoms with Gasteiger partial charge in [0, 0.05) is 27.1 Å². The lowest BCUT2D eigenvalue weighted by Gasteiger charge is -2.24. The molecule has 8 nitrogen and oxygen atoms in total. The number of hydrogen-bond donors (Lipinski definition) is 0. The number of rotatable bonds is 7. The van der Waals surface area contributed by atoms with Crippen molar-refractivity contribution in [2.45, 2.75) is 13.0 Å². The lowest BCUT2D eigenvalue weighted by Crippen LogP contribution is -2.39. The third kappa shape index (κ3) is 5.40. The van der Waals surface area contributed by atoms with Crippen LogP contribution in [-0.2, 0) is 14.3 Å². The molecule has 0 N–H and O–H groups in total. The highest BCUT2D eigenvalue weighted by atomic mass is 35.5. The van der Waals surface area contributed by atoms with Gasteiger partial charge in [0.15, 0.2) is 4.80 Å². The van der Waals surface area contributed by atoms with E-state index in [4.69, 9.17) is 30.5 Å². The average Bonchev–Trinajstić information content (AvgIpc) is 3.78. The van der Waals surface area contributed by atoms with E-state index in [-0.39, 0.29) is 12.2 Å². The van der Waals surface area contributed by atoms with E-state index in [1.54, 1.807) is 43.3 Å². The van der Waals surface area contributed by atoms with Crippen LogP contribution in [0.1, 0.15) is 39.5 Å². The Bertz CT molecular complexity index is 2060. The number of carbonyl (C=O) groups excluding carboxylic acids is 2. The molecule has 0 fully saturated rings. The number of thiophene rings is 1. The van der Waals surface area contributed by atoms with Crippen LogP contribution in [0, 0.1) is 0 Å². The van der Waals surface area contributed by atoms with E-state index in [0.717, 1.165) is 10.4 Å². The van der Waals surface area contributed by atoms with Crippen LogP contribution in [-0.4, -0.2) is 30.2 Å². The van der Waals surface area contributed by atoms with Crippen molar-refractivity contribution in [1.82, 2.24) is 4.57 Å². The Kier molecular flexibility index (Phi) is 7.98. The highest BCUT2D eigenvalue weighted by molar-refractivity contribution is 7.10. The molecule has 2 aromatic carbocycles. The van der Waals surface area contributed by atoms with Crippen LogP contribution in [0.3, 0.4) is 0 Å². The summed E-state index contributed by atoms with van der Waals surface area (Å²) in [7, 11) is 1.30. The Morgan fingerprint density at radius 1 is 1.07 bits per heavy atom. The molecule has 0 spiro atoms. The number of benzene rings is 2. The largest absolute Gasteiger partial charge is 0.465 e. The molecule has 5 aromatic rings. The maximum absolute atomic E-state index is 14.0. The van der Waals surface area contributed by atoms with Gasteiger partial charge in [-0.25, -0.2) is 14.6 Å². The Balaban J connectivity index is 1.52. The Morgan fingerprint density at radius 2 is 1.88 bits per heavy atom. The summed E-state index contributed by atoms with van der Waals surface area (Å²) in [4.78, 5) is 45.9. The molecule has 0 amide bonds. The van der Waals surface area contributed by atoms with Crippen LogP contribution < -0.4 is 14.9 Å². The van der Waals surface area contributed by atoms with Crippen LogP contribution in [0.4, 0.5) is 0 Å². The molecule has 1 atom stereocenters. The minimum absolute atomic E-state index is 0.178. The minimum atomic E-state index is -0.728. The summed E-state index contributed by atoms with van der Waals surface area (Å²) in [6.45, 7) is 1.92. The fourth-order valence-electron chi connectivity index (χ4n) is 4.87. The van der Waals surface area contributed by atoms with Crippen molar-refractivity contribution < 1.29 is 23.5 Å². The van der Waals surface area contributed by atoms with Gasteiger partial charge in [-0.2, -0.15) is 0 Å². The monoisotopic (exact) mass is 630 g/mol. The molecule has 216 valence electrons. The van der Waals surface area contributed by atoms with E-state index in [2.05, 4.69) is 0 Å². The van der Waals surface area contributed by atoms with Crippen molar-refractivity contribution in [3.63, 3.8) is 0 Å². The highest BCUT2D eigenvalue weighted by Gasteiger charge is 2.35. The third-order valence-corrected chi connectivity index (χ3v) is 8.88. The number of carbonyl (C=O) groups is 2. The number of halogens is 1. The first kappa shape index (κ1) is 28.6. The zero-order chi connectivity index (χ0) is 30.1. The molecule has 3 aromatic heterocycles. The quantitative estimate of drug-likeness (QED) is 0.214. The van der Waals surface area contributed by atoms with Gasteiger partial charge < -0.3 is 13.9 Å². The van der Waals surface area contributed by atoms with E-state index in [0.29, 0.717) is 48.3 Å². The Morgan fingerprint density at radius 3 is 2.60 bits per heavy atom. The zero-order valence-corrected chi connectivity index (χ0v) is 25.3. The van der Waals surface area contributed by atoms with Gasteiger partial charge in [0.1, 0.15) is 17.6 Å². The molecule has 0 unspecified atom stereocenters. The smallest absolute Gasteiger partial charge is 0.338 e. The van der Waals surface area contributed by atoms with Crippen LogP contribution in [0.2, 0.25) is 5.02 Å². The Labute approximate surface area is 258 Å². The molecule has 1 aliphatic rings. The topological polar surface area (TPSA) is 100 Å². The van der Waals surface area contributed by atoms with Gasteiger partial charge in [0.25, 0.3) is 5.56 Å². The van der Waals surface area contributed by atoms with Crippen LogP contribution in [0.15, 0.2) is 98.0 Å². The molecule has 0 radical (unpaired) electrons. The molecular weight excluding hydrogens is 608 g/mol. The molecule has 0 aliphatic carbocycles. The standard InChI is InChI=1S/C32H23ClN2O6S2/c1-3-40-31(38)26-27(18-8-5-4-6-9-18)34-32-35(28(26)24-10-7-15-42-24)29(36)25(43-32)17-20-12-14-23(41-20)22-16-19(33)11-13-21(22)30(37)39-2/h4-17,28H,3H2,1-2H3/b25-17+/t28-/m1/s1. The summed E-state index contributed by atoms with van der Waals surface area (Å²) in [5.41, 5.74) is 1.93. The predicted octanol–water partition coefficient (Wildman–Crippen LogP) is 5.70. The minimum Gasteiger partial charge on any atom is -0.465 e. The second-order valence-corrected chi connectivity index (χ2v) is 11.8. The van der Waals surface area contributed by atoms with Crippen LogP contribution >= 0.6 is 34.3 Å². The number of furan rings is 1. The third-order valence-electron chi connectivity index (χ3n) is 6.74. The number of hydrogen-bond acceptors (Lipinski definition) is 9. The number of methoxy groups -OCH3 is 1. The van der Waals surface area contributed by atoms with Crippen molar-refractivity contribution in [2.24, 2.45) is 4.99 Å². The van der Waals surface area contributed by atoms with E-state index in [9.17, 15) is 14.4 Å². The van der Waals surface area contributed by atoms with Crippen molar-refractivity contribution in [3.8, 4) is 11.3 Å². The fraction of sp³-hybridized carbons (Fsp3) is 0.125. The maximum atomic E-state index is 14.0. The lowest BCUT2D eigenvalue weighted by molar-refractivity contribution is -0.138. The summed E-state index contributed by atoms with van der Waals surface area (Å²) < 4.78 is 18.3. The summed E-state index contributed by atoms with van der Waals surface area (Å²) in [5, 5.41) is 2.33. The van der Waals surface area contributed by atoms with Crippen LogP contribution in [0.25, 0.3) is 23.1 Å². The van der Waals surface area contributed by atoms with E-state index in [1.807, 2.05) is 47.8 Å². The first-order valence-corrected chi connectivity index (χ1v) is 15.3. The van der Waals surface area contributed by atoms with E-state index < -0.39 is 18.0 Å². The normalized spacial score (nSPS) is 14.8. The average molecular weight is 631 g/mol. The van der Waals surface area contributed by atoms with Crippen LogP contribution in [0.5, 0.6) is 0 Å². The maximum Gasteiger partial charge on any atom is 0.338 e. The number of ether oxygens (including phenoxy) is 2. The number of aromatic nitrogens is 1. The summed E-state index contributed by atoms with van der Waals surface area (Å²) in [6, 6.07) is 20.6. The fourth-order valence-corrected chi connectivity index (χ4v) is 6.85. The molecule has 6 rings (SSSR count). The number of nitrogens with zero attached hydrogens (tertiary/aromatic N) is 2. The number of fused-ring (bicyclic) bond motifs is 1. The van der Waals surface area contributed by atoms with Crippen molar-refractivity contribution >= 4 is 58.0 Å². The van der Waals surface area contributed by atoms with Gasteiger partial charge in [-0.3, -0.25) is 9.36 Å². The first-order valence-electron chi connectivity index (χ1n) is 13.2. The van der Waals surface area contributed by atoms with Gasteiger partial charge in [0.05, 0.1) is 35.1 Å². The van der Waals surface area contributed by atoms with E-state index >= 15 is 0 Å². The SMILES string of the molecule is CCOC(=O)C1=C(c2ccccc2)N=c2s/c(=C/c3ccc(-c4cc(Cl)ccc4C(=O)OC)o3)c(=O)n2[C@@H]1c1cccs1. The lowest BCUT2D eigenvalue weighted by atomic mass is 9.97. The highest BCUT2D eigenvalue weighted by Crippen LogP contribution is 2.37.